The third kappa shape index (κ3) is 1.62. The lowest BCUT2D eigenvalue weighted by atomic mass is 10.1. The topological polar surface area (TPSA) is 35.2 Å². The molecule has 0 radical (unpaired) electrons. The van der Waals surface area contributed by atoms with E-state index in [2.05, 4.69) is 19.1 Å². The molecule has 0 aliphatic heterocycles. The van der Waals surface area contributed by atoms with Crippen molar-refractivity contribution >= 4 is 0 Å². The summed E-state index contributed by atoms with van der Waals surface area (Å²) in [5.41, 5.74) is 7.19. The summed E-state index contributed by atoms with van der Waals surface area (Å²) in [4.78, 5) is 0. The van der Waals surface area contributed by atoms with E-state index in [4.69, 9.17) is 10.5 Å². The van der Waals surface area contributed by atoms with Crippen molar-refractivity contribution in [3.8, 4) is 5.75 Å². The number of ether oxygens (including phenoxy) is 1. The van der Waals surface area contributed by atoms with Crippen molar-refractivity contribution in [2.75, 3.05) is 7.11 Å². The summed E-state index contributed by atoms with van der Waals surface area (Å²) in [5.74, 6) is 2.26. The van der Waals surface area contributed by atoms with Crippen LogP contribution in [0.3, 0.4) is 0 Å². The molecule has 0 bridgehead atoms. The molecule has 2 N–H and O–H groups in total. The molecule has 0 aromatic heterocycles. The molecule has 0 heterocycles. The molecule has 1 aromatic rings. The van der Waals surface area contributed by atoms with Gasteiger partial charge in [0.05, 0.1) is 7.11 Å². The lowest BCUT2D eigenvalue weighted by molar-refractivity contribution is 0.408. The summed E-state index contributed by atoms with van der Waals surface area (Å²) in [5, 5.41) is 0. The first-order valence-corrected chi connectivity index (χ1v) is 5.12. The van der Waals surface area contributed by atoms with Gasteiger partial charge in [-0.1, -0.05) is 18.2 Å². The SMILES string of the molecule is COc1ccccc1[C@@H]1C[C@H]1[C@@H](C)N. The number of benzene rings is 1. The van der Waals surface area contributed by atoms with Crippen molar-refractivity contribution in [3.63, 3.8) is 0 Å². The van der Waals surface area contributed by atoms with Crippen LogP contribution in [-0.2, 0) is 0 Å². The Kier molecular flexibility index (Phi) is 2.46. The maximum Gasteiger partial charge on any atom is 0.122 e. The molecule has 2 heteroatoms. The molecule has 1 saturated carbocycles. The van der Waals surface area contributed by atoms with Gasteiger partial charge in [0.25, 0.3) is 0 Å². The number of nitrogens with two attached hydrogens (primary N) is 1. The van der Waals surface area contributed by atoms with Crippen LogP contribution in [0.4, 0.5) is 0 Å². The zero-order chi connectivity index (χ0) is 10.1. The first kappa shape index (κ1) is 9.53. The van der Waals surface area contributed by atoms with Gasteiger partial charge in [0, 0.05) is 6.04 Å². The van der Waals surface area contributed by atoms with Gasteiger partial charge >= 0.3 is 0 Å². The van der Waals surface area contributed by atoms with Gasteiger partial charge in [0.15, 0.2) is 0 Å². The summed E-state index contributed by atoms with van der Waals surface area (Å²) >= 11 is 0. The minimum atomic E-state index is 0.296. The van der Waals surface area contributed by atoms with Crippen molar-refractivity contribution < 1.29 is 4.74 Å². The van der Waals surface area contributed by atoms with Crippen LogP contribution >= 0.6 is 0 Å². The Bertz CT molecular complexity index is 322. The average Bonchev–Trinajstić information content (AvgIpc) is 2.97. The van der Waals surface area contributed by atoms with E-state index in [0.717, 1.165) is 5.75 Å². The Morgan fingerprint density at radius 1 is 1.43 bits per heavy atom. The van der Waals surface area contributed by atoms with Crippen LogP contribution in [0.2, 0.25) is 0 Å². The normalized spacial score (nSPS) is 27.1. The number of hydrogen-bond acceptors (Lipinski definition) is 2. The van der Waals surface area contributed by atoms with Crippen molar-refractivity contribution in [1.29, 1.82) is 0 Å². The molecule has 0 spiro atoms. The van der Waals surface area contributed by atoms with E-state index in [1.54, 1.807) is 7.11 Å². The van der Waals surface area contributed by atoms with Gasteiger partial charge in [-0.05, 0) is 36.8 Å². The van der Waals surface area contributed by atoms with Crippen LogP contribution in [0.25, 0.3) is 0 Å². The lowest BCUT2D eigenvalue weighted by Gasteiger charge is -2.08. The second-order valence-corrected chi connectivity index (χ2v) is 4.11. The molecular weight excluding hydrogens is 174 g/mol. The fourth-order valence-corrected chi connectivity index (χ4v) is 2.13. The molecule has 0 saturated heterocycles. The minimum Gasteiger partial charge on any atom is -0.496 e. The molecule has 0 amide bonds. The van der Waals surface area contributed by atoms with Crippen LogP contribution in [-0.4, -0.2) is 13.2 Å². The zero-order valence-corrected chi connectivity index (χ0v) is 8.73. The van der Waals surface area contributed by atoms with Crippen LogP contribution in [0.15, 0.2) is 24.3 Å². The van der Waals surface area contributed by atoms with Crippen LogP contribution < -0.4 is 10.5 Å². The lowest BCUT2D eigenvalue weighted by Crippen LogP contribution is -2.18. The summed E-state index contributed by atoms with van der Waals surface area (Å²) < 4.78 is 5.33. The highest BCUT2D eigenvalue weighted by Crippen LogP contribution is 2.51. The molecule has 14 heavy (non-hydrogen) atoms. The average molecular weight is 191 g/mol. The first-order valence-electron chi connectivity index (χ1n) is 5.12. The number of rotatable bonds is 3. The predicted molar refractivity (Wildman–Crippen MR) is 57.5 cm³/mol. The second kappa shape index (κ2) is 3.62. The van der Waals surface area contributed by atoms with E-state index in [1.807, 2.05) is 12.1 Å². The van der Waals surface area contributed by atoms with Gasteiger partial charge in [-0.25, -0.2) is 0 Å². The molecule has 76 valence electrons. The van der Waals surface area contributed by atoms with Gasteiger partial charge in [-0.2, -0.15) is 0 Å². The van der Waals surface area contributed by atoms with E-state index in [0.29, 0.717) is 17.9 Å². The zero-order valence-electron chi connectivity index (χ0n) is 8.73. The number of hydrogen-bond donors (Lipinski definition) is 1. The summed E-state index contributed by atoms with van der Waals surface area (Å²) in [6.07, 6.45) is 1.21. The van der Waals surface area contributed by atoms with E-state index in [1.165, 1.54) is 12.0 Å². The molecule has 0 unspecified atom stereocenters. The van der Waals surface area contributed by atoms with Crippen molar-refractivity contribution in [1.82, 2.24) is 0 Å². The van der Waals surface area contributed by atoms with Gasteiger partial charge in [0.1, 0.15) is 5.75 Å². The molecule has 2 rings (SSSR count). The Morgan fingerprint density at radius 2 is 2.14 bits per heavy atom. The third-order valence-corrected chi connectivity index (χ3v) is 3.05. The molecular formula is C12H17NO. The highest BCUT2D eigenvalue weighted by atomic mass is 16.5. The van der Waals surface area contributed by atoms with Gasteiger partial charge in [-0.3, -0.25) is 0 Å². The summed E-state index contributed by atoms with van der Waals surface area (Å²) in [7, 11) is 1.72. The monoisotopic (exact) mass is 191 g/mol. The fraction of sp³-hybridized carbons (Fsp3) is 0.500. The first-order chi connectivity index (χ1) is 6.74. The van der Waals surface area contributed by atoms with Crippen molar-refractivity contribution in [2.24, 2.45) is 11.7 Å². The highest BCUT2D eigenvalue weighted by Gasteiger charge is 2.41. The summed E-state index contributed by atoms with van der Waals surface area (Å²) in [6.45, 7) is 2.08. The largest absolute Gasteiger partial charge is 0.496 e. The number of methoxy groups -OCH3 is 1. The Hall–Kier alpha value is -1.02. The maximum absolute atomic E-state index is 5.88. The van der Waals surface area contributed by atoms with Crippen LogP contribution in [0.1, 0.15) is 24.8 Å². The standard InChI is InChI=1S/C12H17NO/c1-8(13)10-7-11(10)9-5-3-4-6-12(9)14-2/h3-6,8,10-11H,7,13H2,1-2H3/t8-,10+,11+/m1/s1. The molecule has 1 aliphatic carbocycles. The minimum absolute atomic E-state index is 0.296. The quantitative estimate of drug-likeness (QED) is 0.794. The fourth-order valence-electron chi connectivity index (χ4n) is 2.13. The van der Waals surface area contributed by atoms with Crippen LogP contribution in [0, 0.1) is 5.92 Å². The van der Waals surface area contributed by atoms with E-state index in [9.17, 15) is 0 Å². The second-order valence-electron chi connectivity index (χ2n) is 4.11. The van der Waals surface area contributed by atoms with Crippen LogP contribution in [0.5, 0.6) is 5.75 Å². The predicted octanol–water partition coefficient (Wildman–Crippen LogP) is 2.15. The van der Waals surface area contributed by atoms with E-state index < -0.39 is 0 Å². The smallest absolute Gasteiger partial charge is 0.122 e. The third-order valence-electron chi connectivity index (χ3n) is 3.05. The van der Waals surface area contributed by atoms with Crippen molar-refractivity contribution in [2.45, 2.75) is 25.3 Å². The molecule has 1 fully saturated rings. The van der Waals surface area contributed by atoms with Gasteiger partial charge < -0.3 is 10.5 Å². The Balaban J connectivity index is 2.18. The van der Waals surface area contributed by atoms with E-state index in [-0.39, 0.29) is 0 Å². The maximum atomic E-state index is 5.88. The molecule has 3 atom stereocenters. The van der Waals surface area contributed by atoms with E-state index >= 15 is 0 Å². The highest BCUT2D eigenvalue weighted by molar-refractivity contribution is 5.39. The molecule has 2 nitrogen and oxygen atoms in total. The number of para-hydroxylation sites is 1. The van der Waals surface area contributed by atoms with Gasteiger partial charge in [0.2, 0.25) is 0 Å². The Morgan fingerprint density at radius 3 is 2.71 bits per heavy atom. The summed E-state index contributed by atoms with van der Waals surface area (Å²) in [6, 6.07) is 8.53. The van der Waals surface area contributed by atoms with Crippen molar-refractivity contribution in [3.05, 3.63) is 29.8 Å². The molecule has 1 aromatic carbocycles. The molecule has 1 aliphatic rings. The Labute approximate surface area is 85.1 Å². The van der Waals surface area contributed by atoms with Gasteiger partial charge in [-0.15, -0.1) is 0 Å².